The highest BCUT2D eigenvalue weighted by atomic mass is 16.3. The topological polar surface area (TPSA) is 135 Å². The smallest absolute Gasteiger partial charge is 0.287 e. The lowest BCUT2D eigenvalue weighted by atomic mass is 10.1. The fourth-order valence-electron chi connectivity index (χ4n) is 4.22. The maximum absolute atomic E-state index is 13.0. The number of rotatable bonds is 11. The molecule has 0 spiro atoms. The van der Waals surface area contributed by atoms with E-state index in [1.807, 2.05) is 43.0 Å². The molecule has 2 aromatic rings. The Labute approximate surface area is 233 Å². The van der Waals surface area contributed by atoms with Gasteiger partial charge in [0, 0.05) is 57.1 Å². The van der Waals surface area contributed by atoms with Crippen molar-refractivity contribution in [3.63, 3.8) is 0 Å². The number of amides is 3. The van der Waals surface area contributed by atoms with Crippen LogP contribution < -0.4 is 16.1 Å². The molecule has 0 unspecified atom stereocenters. The average Bonchev–Trinajstić information content (AvgIpc) is 2.93. The first kappa shape index (κ1) is 30.2. The first-order chi connectivity index (χ1) is 19.1. The zero-order chi connectivity index (χ0) is 29.2. The Morgan fingerprint density at radius 3 is 2.45 bits per heavy atom. The Morgan fingerprint density at radius 2 is 1.80 bits per heavy atom. The molecule has 0 atom stereocenters. The van der Waals surface area contributed by atoms with Crippen LogP contribution in [0.25, 0.3) is 11.0 Å². The Kier molecular flexibility index (Phi) is 10.7. The Bertz CT molecular complexity index is 1370. The van der Waals surface area contributed by atoms with Crippen molar-refractivity contribution in [2.45, 2.75) is 13.3 Å². The quantitative estimate of drug-likeness (QED) is 0.282. The number of benzene rings is 1. The summed E-state index contributed by atoms with van der Waals surface area (Å²) in [4.78, 5) is 56.3. The molecule has 1 aliphatic heterocycles. The van der Waals surface area contributed by atoms with Crippen molar-refractivity contribution in [2.24, 2.45) is 0 Å². The van der Waals surface area contributed by atoms with Crippen molar-refractivity contribution in [1.82, 2.24) is 25.3 Å². The van der Waals surface area contributed by atoms with E-state index in [-0.39, 0.29) is 40.8 Å². The number of hydrogen-bond donors (Lipinski definition) is 3. The molecule has 1 aromatic heterocycles. The van der Waals surface area contributed by atoms with Gasteiger partial charge in [0.1, 0.15) is 11.3 Å². The molecule has 11 nitrogen and oxygen atoms in total. The largest absolute Gasteiger partial charge is 0.508 e. The second-order valence-electron chi connectivity index (χ2n) is 9.58. The lowest BCUT2D eigenvalue weighted by Gasteiger charge is -2.37. The molecule has 2 heterocycles. The molecular weight excluding hydrogens is 514 g/mol. The minimum atomic E-state index is -0.709. The number of piperazine rings is 1. The van der Waals surface area contributed by atoms with Crippen LogP contribution in [-0.2, 0) is 9.59 Å². The minimum Gasteiger partial charge on any atom is -0.508 e. The van der Waals surface area contributed by atoms with Crippen LogP contribution in [-0.4, -0.2) is 97.4 Å². The third kappa shape index (κ3) is 7.82. The van der Waals surface area contributed by atoms with Gasteiger partial charge in [0.05, 0.1) is 17.5 Å². The monoisotopic (exact) mass is 551 g/mol. The number of hydrogen-bond acceptors (Lipinski definition) is 8. The number of phenols is 1. The summed E-state index contributed by atoms with van der Waals surface area (Å²) >= 11 is 0. The van der Waals surface area contributed by atoms with Crippen molar-refractivity contribution >= 4 is 28.7 Å². The van der Waals surface area contributed by atoms with Gasteiger partial charge in [-0.05, 0) is 38.7 Å². The molecule has 3 N–H and O–H groups in total. The first-order valence-electron chi connectivity index (χ1n) is 13.2. The number of carbonyl (C=O) groups excluding carboxylic acids is 3. The molecule has 1 fully saturated rings. The molecule has 0 aliphatic carbocycles. The normalized spacial score (nSPS) is 14.4. The van der Waals surface area contributed by atoms with Crippen molar-refractivity contribution < 1.29 is 23.9 Å². The number of nitrogens with one attached hydrogen (secondary N) is 2. The van der Waals surface area contributed by atoms with E-state index in [1.165, 1.54) is 18.2 Å². The molecule has 0 radical (unpaired) electrons. The van der Waals surface area contributed by atoms with Gasteiger partial charge in [-0.3, -0.25) is 19.2 Å². The van der Waals surface area contributed by atoms with Gasteiger partial charge in [0.25, 0.3) is 11.8 Å². The SMILES string of the molecule is C=C/C(=C(\C=C/CC)C(=O)NCCN(C)C)N1CCN(C(=O)CNC(=O)c2cc(=O)c3ccc(O)cc3o2)CC1. The summed E-state index contributed by atoms with van der Waals surface area (Å²) in [6.07, 6.45) is 6.17. The number of likely N-dealkylation sites (N-methyl/N-ethyl adjacent to an activating group) is 1. The summed E-state index contributed by atoms with van der Waals surface area (Å²) < 4.78 is 5.46. The summed E-state index contributed by atoms with van der Waals surface area (Å²) in [7, 11) is 3.88. The average molecular weight is 552 g/mol. The molecule has 1 aromatic carbocycles. The molecule has 3 amide bonds. The van der Waals surface area contributed by atoms with E-state index in [1.54, 1.807) is 11.0 Å². The number of fused-ring (bicyclic) bond motifs is 1. The predicted molar refractivity (Wildman–Crippen MR) is 153 cm³/mol. The van der Waals surface area contributed by atoms with Crippen LogP contribution in [0.3, 0.4) is 0 Å². The Hall–Kier alpha value is -4.38. The summed E-state index contributed by atoms with van der Waals surface area (Å²) in [6, 6.07) is 5.08. The van der Waals surface area contributed by atoms with Gasteiger partial charge >= 0.3 is 0 Å². The van der Waals surface area contributed by atoms with Gasteiger partial charge in [-0.25, -0.2) is 0 Å². The number of carbonyl (C=O) groups is 3. The standard InChI is InChI=1S/C29H37N5O6/c1-5-7-8-21(28(38)30-11-12-32(3)4)23(6-2)33-13-15-34(16-14-33)27(37)19-31-29(39)26-18-24(36)22-10-9-20(35)17-25(22)40-26/h6-10,17-18,35H,2,5,11-16,19H2,1,3-4H3,(H,30,38)(H,31,39)/b8-7-,23-21-. The molecule has 214 valence electrons. The molecule has 0 saturated carbocycles. The highest BCUT2D eigenvalue weighted by Crippen LogP contribution is 2.19. The van der Waals surface area contributed by atoms with Crippen molar-refractivity contribution in [3.05, 3.63) is 76.3 Å². The van der Waals surface area contributed by atoms with Crippen molar-refractivity contribution in [2.75, 3.05) is 59.9 Å². The van der Waals surface area contributed by atoms with Crippen LogP contribution in [0.5, 0.6) is 5.75 Å². The number of phenolic OH excluding ortho intramolecular Hbond substituents is 1. The van der Waals surface area contributed by atoms with Crippen LogP contribution in [0.2, 0.25) is 0 Å². The maximum atomic E-state index is 13.0. The van der Waals surface area contributed by atoms with Gasteiger partial charge in [0.2, 0.25) is 5.91 Å². The molecular formula is C29H37N5O6. The van der Waals surface area contributed by atoms with Gasteiger partial charge in [-0.15, -0.1) is 0 Å². The van der Waals surface area contributed by atoms with E-state index < -0.39 is 11.3 Å². The van der Waals surface area contributed by atoms with Crippen LogP contribution in [0.1, 0.15) is 23.9 Å². The fraction of sp³-hybridized carbons (Fsp3) is 0.379. The number of aromatic hydroxyl groups is 1. The summed E-state index contributed by atoms with van der Waals surface area (Å²) in [6.45, 7) is 8.62. The van der Waals surface area contributed by atoms with E-state index in [2.05, 4.69) is 17.2 Å². The second-order valence-corrected chi connectivity index (χ2v) is 9.58. The first-order valence-corrected chi connectivity index (χ1v) is 13.2. The zero-order valence-corrected chi connectivity index (χ0v) is 23.2. The Balaban J connectivity index is 1.61. The highest BCUT2D eigenvalue weighted by Gasteiger charge is 2.25. The highest BCUT2D eigenvalue weighted by molar-refractivity contribution is 5.97. The maximum Gasteiger partial charge on any atom is 0.287 e. The molecule has 1 aliphatic rings. The lowest BCUT2D eigenvalue weighted by Crippen LogP contribution is -2.51. The second kappa shape index (κ2) is 14.1. The zero-order valence-electron chi connectivity index (χ0n) is 23.2. The van der Waals surface area contributed by atoms with E-state index >= 15 is 0 Å². The van der Waals surface area contributed by atoms with E-state index in [4.69, 9.17) is 4.42 Å². The van der Waals surface area contributed by atoms with Gasteiger partial charge in [0.15, 0.2) is 11.2 Å². The predicted octanol–water partition coefficient (Wildman–Crippen LogP) is 1.46. The van der Waals surface area contributed by atoms with Crippen LogP contribution in [0.15, 0.2) is 69.6 Å². The third-order valence-electron chi connectivity index (χ3n) is 6.39. The van der Waals surface area contributed by atoms with Gasteiger partial charge < -0.3 is 34.9 Å². The van der Waals surface area contributed by atoms with E-state index in [0.29, 0.717) is 50.5 Å². The summed E-state index contributed by atoms with van der Waals surface area (Å²) in [5.74, 6) is -1.53. The van der Waals surface area contributed by atoms with Gasteiger partial charge in [-0.2, -0.15) is 0 Å². The van der Waals surface area contributed by atoms with E-state index in [9.17, 15) is 24.3 Å². The lowest BCUT2D eigenvalue weighted by molar-refractivity contribution is -0.131. The van der Waals surface area contributed by atoms with Crippen LogP contribution in [0, 0.1) is 0 Å². The van der Waals surface area contributed by atoms with Crippen LogP contribution in [0.4, 0.5) is 0 Å². The molecule has 0 bridgehead atoms. The van der Waals surface area contributed by atoms with Crippen molar-refractivity contribution in [3.8, 4) is 5.75 Å². The third-order valence-corrected chi connectivity index (χ3v) is 6.39. The van der Waals surface area contributed by atoms with E-state index in [0.717, 1.165) is 12.5 Å². The minimum absolute atomic E-state index is 0.0747. The Morgan fingerprint density at radius 1 is 1.10 bits per heavy atom. The molecule has 11 heteroatoms. The molecule has 1 saturated heterocycles. The number of nitrogens with zero attached hydrogens (tertiary/aromatic N) is 3. The van der Waals surface area contributed by atoms with Gasteiger partial charge in [-0.1, -0.05) is 25.7 Å². The summed E-state index contributed by atoms with van der Waals surface area (Å²) in [5, 5.41) is 15.3. The molecule has 3 rings (SSSR count). The van der Waals surface area contributed by atoms with Crippen LogP contribution >= 0.6 is 0 Å². The fourth-order valence-corrected chi connectivity index (χ4v) is 4.22. The summed E-state index contributed by atoms with van der Waals surface area (Å²) in [5.41, 5.74) is 0.864. The molecule has 40 heavy (non-hydrogen) atoms. The number of allylic oxidation sites excluding steroid dienone is 2. The van der Waals surface area contributed by atoms with Crippen molar-refractivity contribution in [1.29, 1.82) is 0 Å².